The zero-order valence-corrected chi connectivity index (χ0v) is 17.0. The van der Waals surface area contributed by atoms with Crippen LogP contribution < -0.4 is 20.1 Å². The van der Waals surface area contributed by atoms with Crippen molar-refractivity contribution < 1.29 is 19.2 Å². The van der Waals surface area contributed by atoms with Gasteiger partial charge in [0.15, 0.2) is 5.60 Å². The molecule has 0 fully saturated rings. The van der Waals surface area contributed by atoms with Gasteiger partial charge in [0.2, 0.25) is 0 Å². The highest BCUT2D eigenvalue weighted by Gasteiger charge is 2.41. The Bertz CT molecular complexity index is 1100. The van der Waals surface area contributed by atoms with Crippen LogP contribution in [-0.2, 0) is 6.54 Å². The van der Waals surface area contributed by atoms with Gasteiger partial charge in [0.25, 0.3) is 0 Å². The van der Waals surface area contributed by atoms with Gasteiger partial charge >= 0.3 is 17.9 Å². The average Bonchev–Trinajstić information content (AvgIpc) is 3.25. The Hall–Kier alpha value is -4.08. The molecule has 10 heteroatoms. The predicted molar refractivity (Wildman–Crippen MR) is 114 cm³/mol. The second-order valence-electron chi connectivity index (χ2n) is 7.53. The molecular formula is C21H21N5O5. The maximum atomic E-state index is 12.2. The summed E-state index contributed by atoms with van der Waals surface area (Å²) in [5.41, 5.74) is 1.65. The molecule has 0 saturated carbocycles. The number of ether oxygens (including phenoxy) is 2. The van der Waals surface area contributed by atoms with Gasteiger partial charge in [0, 0.05) is 16.4 Å². The largest absolute Gasteiger partial charge is 0.489 e. The number of fused-ring (bicyclic) bond motifs is 1. The number of imidazole rings is 1. The van der Waals surface area contributed by atoms with Crippen molar-refractivity contribution in [3.05, 3.63) is 70.4 Å². The van der Waals surface area contributed by atoms with E-state index < -0.39 is 10.5 Å². The maximum Gasteiger partial charge on any atom is 0.415 e. The molecular weight excluding hydrogens is 402 g/mol. The smallest absolute Gasteiger partial charge is 0.415 e. The van der Waals surface area contributed by atoms with Crippen molar-refractivity contribution in [2.75, 3.05) is 17.2 Å². The molecule has 31 heavy (non-hydrogen) atoms. The van der Waals surface area contributed by atoms with Crippen molar-refractivity contribution in [2.24, 2.45) is 0 Å². The summed E-state index contributed by atoms with van der Waals surface area (Å²) in [6.45, 7) is 4.39. The van der Waals surface area contributed by atoms with Crippen LogP contribution in [-0.4, -0.2) is 32.7 Å². The van der Waals surface area contributed by atoms with E-state index in [1.54, 1.807) is 28.8 Å². The molecule has 2 N–H and O–H groups in total. The van der Waals surface area contributed by atoms with Crippen LogP contribution in [0.3, 0.4) is 0 Å². The van der Waals surface area contributed by atoms with Crippen molar-refractivity contribution in [1.29, 1.82) is 0 Å². The number of hydrogen-bond donors (Lipinski definition) is 2. The fourth-order valence-electron chi connectivity index (χ4n) is 3.22. The molecule has 0 radical (unpaired) electrons. The van der Waals surface area contributed by atoms with Crippen LogP contribution in [0.1, 0.15) is 12.5 Å². The number of urea groups is 1. The third-order valence-corrected chi connectivity index (χ3v) is 4.81. The van der Waals surface area contributed by atoms with Crippen molar-refractivity contribution in [3.8, 4) is 11.8 Å². The topological polar surface area (TPSA) is 121 Å². The first-order valence-corrected chi connectivity index (χ1v) is 9.58. The normalized spacial score (nSPS) is 16.8. The SMILES string of the molecule is Cc1ccccc1NC(=O)Nc1ccc(OC[C@@]2(C)Cn3cc([N+](=O)[O-])nc3O2)cc1. The van der Waals surface area contributed by atoms with Gasteiger partial charge < -0.3 is 30.2 Å². The summed E-state index contributed by atoms with van der Waals surface area (Å²) in [5.74, 6) is 0.359. The number of nitro groups is 1. The van der Waals surface area contributed by atoms with Gasteiger partial charge in [0.1, 0.15) is 18.6 Å². The standard InChI is InChI=1S/C21H21N5O5/c1-14-5-3-4-6-17(14)23-19(27)22-15-7-9-16(10-8-15)30-13-21(2)12-25-11-18(26(28)29)24-20(25)31-21/h3-11H,12-13H2,1-2H3,(H2,22,23,27)/t21-/m1/s1. The molecule has 1 aromatic heterocycles. The monoisotopic (exact) mass is 423 g/mol. The van der Waals surface area contributed by atoms with Gasteiger partial charge in [-0.1, -0.05) is 18.2 Å². The summed E-state index contributed by atoms with van der Waals surface area (Å²) in [6.07, 6.45) is 1.35. The minimum absolute atomic E-state index is 0.206. The molecule has 0 spiro atoms. The van der Waals surface area contributed by atoms with E-state index in [9.17, 15) is 14.9 Å². The molecule has 10 nitrogen and oxygen atoms in total. The predicted octanol–water partition coefficient (Wildman–Crippen LogP) is 3.97. The van der Waals surface area contributed by atoms with E-state index in [2.05, 4.69) is 15.6 Å². The van der Waals surface area contributed by atoms with Crippen LogP contribution in [0, 0.1) is 17.0 Å². The van der Waals surface area contributed by atoms with Gasteiger partial charge in [-0.2, -0.15) is 0 Å². The molecule has 2 heterocycles. The van der Waals surface area contributed by atoms with Crippen LogP contribution in [0.25, 0.3) is 0 Å². The quantitative estimate of drug-likeness (QED) is 0.457. The van der Waals surface area contributed by atoms with Crippen molar-refractivity contribution in [1.82, 2.24) is 9.55 Å². The van der Waals surface area contributed by atoms with E-state index in [1.807, 2.05) is 38.1 Å². The average molecular weight is 423 g/mol. The zero-order valence-electron chi connectivity index (χ0n) is 17.0. The lowest BCUT2D eigenvalue weighted by molar-refractivity contribution is -0.389. The number of nitrogens with zero attached hydrogens (tertiary/aromatic N) is 3. The minimum Gasteiger partial charge on any atom is -0.489 e. The number of benzene rings is 2. The molecule has 0 unspecified atom stereocenters. The van der Waals surface area contributed by atoms with Crippen molar-refractivity contribution in [3.63, 3.8) is 0 Å². The Labute approximate surface area is 178 Å². The number of amides is 2. The van der Waals surface area contributed by atoms with Gasteiger partial charge in [-0.25, -0.2) is 4.79 Å². The molecule has 0 aliphatic carbocycles. The van der Waals surface area contributed by atoms with E-state index in [0.29, 0.717) is 18.0 Å². The van der Waals surface area contributed by atoms with Crippen LogP contribution in [0.15, 0.2) is 54.7 Å². The highest BCUT2D eigenvalue weighted by Crippen LogP contribution is 2.31. The first kappa shape index (κ1) is 20.2. The molecule has 4 rings (SSSR count). The molecule has 2 aromatic carbocycles. The van der Waals surface area contributed by atoms with Crippen LogP contribution in [0.2, 0.25) is 0 Å². The minimum atomic E-state index is -0.693. The zero-order chi connectivity index (χ0) is 22.0. The Morgan fingerprint density at radius 3 is 2.68 bits per heavy atom. The summed E-state index contributed by atoms with van der Waals surface area (Å²) in [4.78, 5) is 26.3. The van der Waals surface area contributed by atoms with E-state index in [0.717, 1.165) is 11.3 Å². The highest BCUT2D eigenvalue weighted by atomic mass is 16.6. The molecule has 160 valence electrons. The Balaban J connectivity index is 1.30. The number of anilines is 2. The molecule has 1 atom stereocenters. The van der Waals surface area contributed by atoms with Gasteiger partial charge in [0.05, 0.1) is 6.54 Å². The molecule has 2 amide bonds. The number of carbonyl (C=O) groups excluding carboxylic acids is 1. The molecule has 1 aliphatic rings. The van der Waals surface area contributed by atoms with Crippen molar-refractivity contribution in [2.45, 2.75) is 26.0 Å². The first-order chi connectivity index (χ1) is 14.8. The lowest BCUT2D eigenvalue weighted by atomic mass is 10.1. The number of aryl methyl sites for hydroxylation is 1. The summed E-state index contributed by atoms with van der Waals surface area (Å²) in [5, 5.41) is 16.4. The van der Waals surface area contributed by atoms with Crippen molar-refractivity contribution >= 4 is 23.2 Å². The fourth-order valence-corrected chi connectivity index (χ4v) is 3.22. The van der Waals surface area contributed by atoms with E-state index in [4.69, 9.17) is 9.47 Å². The number of rotatable bonds is 6. The number of para-hydroxylation sites is 1. The summed E-state index contributed by atoms with van der Waals surface area (Å²) in [7, 11) is 0. The lowest BCUT2D eigenvalue weighted by Crippen LogP contribution is -2.38. The molecule has 0 bridgehead atoms. The number of nitrogens with one attached hydrogen (secondary N) is 2. The number of hydrogen-bond acceptors (Lipinski definition) is 6. The number of aromatic nitrogens is 2. The van der Waals surface area contributed by atoms with E-state index in [-0.39, 0.29) is 24.5 Å². The van der Waals surface area contributed by atoms with E-state index in [1.165, 1.54) is 6.20 Å². The van der Waals surface area contributed by atoms with Gasteiger partial charge in [-0.15, -0.1) is 0 Å². The summed E-state index contributed by atoms with van der Waals surface area (Å²) < 4.78 is 13.2. The Kier molecular flexibility index (Phi) is 5.20. The third kappa shape index (κ3) is 4.58. The maximum absolute atomic E-state index is 12.2. The molecule has 3 aromatic rings. The molecule has 1 aliphatic heterocycles. The highest BCUT2D eigenvalue weighted by molar-refractivity contribution is 6.00. The number of carbonyl (C=O) groups is 1. The molecule has 0 saturated heterocycles. The Morgan fingerprint density at radius 1 is 1.26 bits per heavy atom. The van der Waals surface area contributed by atoms with Gasteiger partial charge in [-0.3, -0.25) is 4.57 Å². The summed E-state index contributed by atoms with van der Waals surface area (Å²) >= 11 is 0. The van der Waals surface area contributed by atoms with Gasteiger partial charge in [-0.05, 0) is 54.7 Å². The fraction of sp³-hybridized carbons (Fsp3) is 0.238. The van der Waals surface area contributed by atoms with Crippen LogP contribution >= 0.6 is 0 Å². The third-order valence-electron chi connectivity index (χ3n) is 4.81. The lowest BCUT2D eigenvalue weighted by Gasteiger charge is -2.22. The van der Waals surface area contributed by atoms with Crippen LogP contribution in [0.4, 0.5) is 22.0 Å². The second-order valence-corrected chi connectivity index (χ2v) is 7.53. The van der Waals surface area contributed by atoms with Crippen LogP contribution in [0.5, 0.6) is 11.8 Å². The van der Waals surface area contributed by atoms with E-state index >= 15 is 0 Å². The Morgan fingerprint density at radius 2 is 2.00 bits per heavy atom. The first-order valence-electron chi connectivity index (χ1n) is 9.58. The summed E-state index contributed by atoms with van der Waals surface area (Å²) in [6, 6.07) is 14.3. The second kappa shape index (κ2) is 7.98.